The number of fused-ring (bicyclic) bond motifs is 1. The van der Waals surface area contributed by atoms with Crippen LogP contribution in [-0.4, -0.2) is 24.6 Å². The molecule has 17 heavy (non-hydrogen) atoms. The third-order valence-corrected chi connectivity index (χ3v) is 3.14. The highest BCUT2D eigenvalue weighted by Crippen LogP contribution is 2.27. The number of rotatable bonds is 1. The van der Waals surface area contributed by atoms with Crippen molar-refractivity contribution in [2.24, 2.45) is 0 Å². The highest BCUT2D eigenvalue weighted by molar-refractivity contribution is 5.83. The second-order valence-electron chi connectivity index (χ2n) is 4.36. The SMILES string of the molecule is CN1C[C@H](c2ccc3ccccc3c2)OC1=O. The predicted molar refractivity (Wildman–Crippen MR) is 65.8 cm³/mol. The smallest absolute Gasteiger partial charge is 0.410 e. The molecule has 1 heterocycles. The van der Waals surface area contributed by atoms with E-state index in [0.29, 0.717) is 6.54 Å². The maximum Gasteiger partial charge on any atom is 0.410 e. The highest BCUT2D eigenvalue weighted by Gasteiger charge is 2.29. The first-order chi connectivity index (χ1) is 8.24. The molecule has 0 N–H and O–H groups in total. The number of benzene rings is 2. The summed E-state index contributed by atoms with van der Waals surface area (Å²) in [4.78, 5) is 12.9. The molecule has 1 aliphatic heterocycles. The Morgan fingerprint density at radius 3 is 2.65 bits per heavy atom. The van der Waals surface area contributed by atoms with Gasteiger partial charge in [0.2, 0.25) is 0 Å². The third-order valence-electron chi connectivity index (χ3n) is 3.14. The molecule has 0 saturated carbocycles. The number of likely N-dealkylation sites (N-methyl/N-ethyl adjacent to an activating group) is 1. The fraction of sp³-hybridized carbons (Fsp3) is 0.214. The van der Waals surface area contributed by atoms with E-state index in [9.17, 15) is 4.79 Å². The summed E-state index contributed by atoms with van der Waals surface area (Å²) in [6.07, 6.45) is -0.389. The molecule has 2 aromatic carbocycles. The Balaban J connectivity index is 1.99. The van der Waals surface area contributed by atoms with E-state index in [-0.39, 0.29) is 12.2 Å². The van der Waals surface area contributed by atoms with E-state index in [2.05, 4.69) is 24.3 Å². The molecule has 3 rings (SSSR count). The van der Waals surface area contributed by atoms with Crippen LogP contribution in [0.25, 0.3) is 10.8 Å². The second kappa shape index (κ2) is 3.77. The Bertz CT molecular complexity index is 579. The first kappa shape index (κ1) is 10.1. The molecule has 1 saturated heterocycles. The lowest BCUT2D eigenvalue weighted by molar-refractivity contribution is 0.135. The summed E-state index contributed by atoms with van der Waals surface area (Å²) in [7, 11) is 1.75. The van der Waals surface area contributed by atoms with Gasteiger partial charge in [0.15, 0.2) is 0 Å². The molecule has 86 valence electrons. The number of hydrogen-bond acceptors (Lipinski definition) is 2. The van der Waals surface area contributed by atoms with Crippen LogP contribution in [0.5, 0.6) is 0 Å². The van der Waals surface area contributed by atoms with Gasteiger partial charge >= 0.3 is 6.09 Å². The Labute approximate surface area is 99.6 Å². The lowest BCUT2D eigenvalue weighted by atomic mass is 10.0. The lowest BCUT2D eigenvalue weighted by Crippen LogP contribution is -2.17. The maximum absolute atomic E-state index is 11.3. The van der Waals surface area contributed by atoms with Crippen molar-refractivity contribution in [3.05, 3.63) is 48.0 Å². The van der Waals surface area contributed by atoms with Crippen LogP contribution < -0.4 is 0 Å². The molecule has 2 aromatic rings. The van der Waals surface area contributed by atoms with Gasteiger partial charge in [-0.2, -0.15) is 0 Å². The molecule has 1 atom stereocenters. The average Bonchev–Trinajstić information content (AvgIpc) is 2.69. The van der Waals surface area contributed by atoms with Gasteiger partial charge in [0.25, 0.3) is 0 Å². The van der Waals surface area contributed by atoms with E-state index in [1.165, 1.54) is 10.8 Å². The number of hydrogen-bond donors (Lipinski definition) is 0. The van der Waals surface area contributed by atoms with Gasteiger partial charge in [0.05, 0.1) is 6.54 Å². The summed E-state index contributed by atoms with van der Waals surface area (Å²) in [5, 5.41) is 2.38. The molecule has 0 aromatic heterocycles. The highest BCUT2D eigenvalue weighted by atomic mass is 16.6. The van der Waals surface area contributed by atoms with Crippen LogP contribution in [0.2, 0.25) is 0 Å². The minimum atomic E-state index is -0.247. The van der Waals surface area contributed by atoms with Crippen molar-refractivity contribution in [2.75, 3.05) is 13.6 Å². The number of amides is 1. The van der Waals surface area contributed by atoms with Crippen LogP contribution in [-0.2, 0) is 4.74 Å². The molecule has 0 bridgehead atoms. The van der Waals surface area contributed by atoms with E-state index < -0.39 is 0 Å². The van der Waals surface area contributed by atoms with Gasteiger partial charge in [-0.25, -0.2) is 4.79 Å². The number of ether oxygens (including phenoxy) is 1. The van der Waals surface area contributed by atoms with Crippen LogP contribution in [0.1, 0.15) is 11.7 Å². The molecule has 0 spiro atoms. The molecular formula is C14H13NO2. The Morgan fingerprint density at radius 1 is 1.18 bits per heavy atom. The van der Waals surface area contributed by atoms with Crippen molar-refractivity contribution >= 4 is 16.9 Å². The van der Waals surface area contributed by atoms with Gasteiger partial charge in [-0.3, -0.25) is 0 Å². The van der Waals surface area contributed by atoms with Crippen molar-refractivity contribution in [1.82, 2.24) is 4.90 Å². The summed E-state index contributed by atoms with van der Waals surface area (Å²) in [5.41, 5.74) is 1.06. The zero-order valence-electron chi connectivity index (χ0n) is 9.59. The normalized spacial score (nSPS) is 19.7. The van der Waals surface area contributed by atoms with Crippen LogP contribution in [0.15, 0.2) is 42.5 Å². The van der Waals surface area contributed by atoms with Crippen molar-refractivity contribution < 1.29 is 9.53 Å². The van der Waals surface area contributed by atoms with E-state index in [0.717, 1.165) is 5.56 Å². The minimum absolute atomic E-state index is 0.142. The zero-order chi connectivity index (χ0) is 11.8. The van der Waals surface area contributed by atoms with Gasteiger partial charge in [0.1, 0.15) is 6.10 Å². The van der Waals surface area contributed by atoms with Crippen LogP contribution >= 0.6 is 0 Å². The summed E-state index contributed by atoms with van der Waals surface area (Å²) in [6, 6.07) is 14.4. The summed E-state index contributed by atoms with van der Waals surface area (Å²) >= 11 is 0. The Morgan fingerprint density at radius 2 is 1.94 bits per heavy atom. The third kappa shape index (κ3) is 1.73. The van der Waals surface area contributed by atoms with Crippen LogP contribution in [0, 0.1) is 0 Å². The summed E-state index contributed by atoms with van der Waals surface area (Å²) in [6.45, 7) is 0.622. The van der Waals surface area contributed by atoms with E-state index in [1.54, 1.807) is 11.9 Å². The molecule has 1 aliphatic rings. The molecule has 1 amide bonds. The molecular weight excluding hydrogens is 214 g/mol. The number of carbonyl (C=O) groups is 1. The van der Waals surface area contributed by atoms with Crippen LogP contribution in [0.3, 0.4) is 0 Å². The zero-order valence-corrected chi connectivity index (χ0v) is 9.59. The van der Waals surface area contributed by atoms with Crippen molar-refractivity contribution in [3.8, 4) is 0 Å². The first-order valence-electron chi connectivity index (χ1n) is 5.64. The van der Waals surface area contributed by atoms with Gasteiger partial charge in [0, 0.05) is 7.05 Å². The van der Waals surface area contributed by atoms with Gasteiger partial charge in [-0.05, 0) is 22.4 Å². The molecule has 3 nitrogen and oxygen atoms in total. The molecule has 1 fully saturated rings. The fourth-order valence-corrected chi connectivity index (χ4v) is 2.15. The standard InChI is InChI=1S/C14H13NO2/c1-15-9-13(17-14(15)16)12-7-6-10-4-2-3-5-11(10)8-12/h2-8,13H,9H2,1H3/t13-/m1/s1. The Hall–Kier alpha value is -2.03. The number of cyclic esters (lactones) is 1. The van der Waals surface area contributed by atoms with Gasteiger partial charge in [-0.1, -0.05) is 36.4 Å². The van der Waals surface area contributed by atoms with E-state index in [1.807, 2.05) is 18.2 Å². The monoisotopic (exact) mass is 227 g/mol. The fourth-order valence-electron chi connectivity index (χ4n) is 2.15. The molecule has 0 unspecified atom stereocenters. The molecule has 0 radical (unpaired) electrons. The second-order valence-corrected chi connectivity index (χ2v) is 4.36. The number of carbonyl (C=O) groups excluding carboxylic acids is 1. The summed E-state index contributed by atoms with van der Waals surface area (Å²) < 4.78 is 5.30. The summed E-state index contributed by atoms with van der Waals surface area (Å²) in [5.74, 6) is 0. The maximum atomic E-state index is 11.3. The number of nitrogens with zero attached hydrogens (tertiary/aromatic N) is 1. The largest absolute Gasteiger partial charge is 0.439 e. The van der Waals surface area contributed by atoms with E-state index in [4.69, 9.17) is 4.74 Å². The van der Waals surface area contributed by atoms with Crippen molar-refractivity contribution in [3.63, 3.8) is 0 Å². The van der Waals surface area contributed by atoms with Gasteiger partial charge in [-0.15, -0.1) is 0 Å². The van der Waals surface area contributed by atoms with E-state index >= 15 is 0 Å². The lowest BCUT2D eigenvalue weighted by Gasteiger charge is -2.09. The Kier molecular flexibility index (Phi) is 2.25. The van der Waals surface area contributed by atoms with Gasteiger partial charge < -0.3 is 9.64 Å². The predicted octanol–water partition coefficient (Wildman–Crippen LogP) is 2.96. The quantitative estimate of drug-likeness (QED) is 0.749. The molecule has 0 aliphatic carbocycles. The van der Waals surface area contributed by atoms with Crippen molar-refractivity contribution in [2.45, 2.75) is 6.10 Å². The topological polar surface area (TPSA) is 29.5 Å². The average molecular weight is 227 g/mol. The minimum Gasteiger partial charge on any atom is -0.439 e. The first-order valence-corrected chi connectivity index (χ1v) is 5.64. The molecule has 3 heteroatoms. The van der Waals surface area contributed by atoms with Crippen LogP contribution in [0.4, 0.5) is 4.79 Å². The van der Waals surface area contributed by atoms with Crippen molar-refractivity contribution in [1.29, 1.82) is 0 Å².